The predicted molar refractivity (Wildman–Crippen MR) is 103 cm³/mol. The van der Waals surface area contributed by atoms with E-state index in [1.165, 1.54) is 0 Å². The Morgan fingerprint density at radius 2 is 2.12 bits per heavy atom. The van der Waals surface area contributed by atoms with E-state index < -0.39 is 5.54 Å². The highest BCUT2D eigenvalue weighted by Gasteiger charge is 2.37. The molecule has 6 heteroatoms. The highest BCUT2D eigenvalue weighted by atomic mass is 16.5. The summed E-state index contributed by atoms with van der Waals surface area (Å²) in [5.74, 6) is 1.31. The number of nitrogens with one attached hydrogen (secondary N) is 1. The van der Waals surface area contributed by atoms with Gasteiger partial charge in [-0.3, -0.25) is 4.79 Å². The monoisotopic (exact) mass is 363 g/mol. The number of carbonyl (C=O) groups is 1. The van der Waals surface area contributed by atoms with E-state index in [-0.39, 0.29) is 11.8 Å². The van der Waals surface area contributed by atoms with Gasteiger partial charge in [0.2, 0.25) is 5.91 Å². The van der Waals surface area contributed by atoms with Crippen LogP contribution in [0, 0.1) is 5.92 Å². The van der Waals surface area contributed by atoms with Gasteiger partial charge in [0, 0.05) is 18.6 Å². The molecule has 1 aromatic rings. The molecule has 0 aliphatic heterocycles. The number of amides is 1. The molecule has 0 aromatic heterocycles. The van der Waals surface area contributed by atoms with Gasteiger partial charge in [-0.05, 0) is 51.6 Å². The van der Waals surface area contributed by atoms with Gasteiger partial charge in [0.25, 0.3) is 0 Å². The van der Waals surface area contributed by atoms with Crippen LogP contribution < -0.4 is 20.5 Å². The number of nitrogens with zero attached hydrogens (tertiary/aromatic N) is 1. The van der Waals surface area contributed by atoms with E-state index in [0.29, 0.717) is 24.7 Å². The molecular formula is C20H33N3O3. The molecule has 0 saturated heterocycles. The maximum atomic E-state index is 12.6. The van der Waals surface area contributed by atoms with Crippen LogP contribution in [0.2, 0.25) is 0 Å². The molecular weight excluding hydrogens is 330 g/mol. The Kier molecular flexibility index (Phi) is 7.29. The zero-order valence-electron chi connectivity index (χ0n) is 16.5. The molecule has 1 aromatic carbocycles. The second kappa shape index (κ2) is 9.24. The summed E-state index contributed by atoms with van der Waals surface area (Å²) in [5.41, 5.74) is 6.89. The molecule has 1 amide bonds. The molecule has 2 rings (SSSR count). The molecule has 0 bridgehead atoms. The van der Waals surface area contributed by atoms with Gasteiger partial charge in [0.05, 0.1) is 13.0 Å². The van der Waals surface area contributed by atoms with Crippen molar-refractivity contribution >= 4 is 5.91 Å². The fraction of sp³-hybridized carbons (Fsp3) is 0.650. The molecule has 0 radical (unpaired) electrons. The molecule has 26 heavy (non-hydrogen) atoms. The van der Waals surface area contributed by atoms with Crippen molar-refractivity contribution in [1.82, 2.24) is 10.2 Å². The summed E-state index contributed by atoms with van der Waals surface area (Å²) in [6, 6.07) is 5.76. The number of methoxy groups -OCH3 is 1. The molecule has 0 spiro atoms. The van der Waals surface area contributed by atoms with Crippen LogP contribution in [0.5, 0.6) is 11.5 Å². The molecule has 146 valence electrons. The standard InChI is InChI=1S/C20H33N3O3/c1-20(21)10-6-5-7-16(20)19(24)22-14-15-8-9-17(18(13-15)25-4)26-12-11-23(2)3/h8-9,13,16H,5-7,10-12,14,21H2,1-4H3,(H,22,24). The van der Waals surface area contributed by atoms with Gasteiger partial charge in [0.15, 0.2) is 11.5 Å². The molecule has 3 N–H and O–H groups in total. The summed E-state index contributed by atoms with van der Waals surface area (Å²) >= 11 is 0. The van der Waals surface area contributed by atoms with Crippen molar-refractivity contribution in [3.8, 4) is 11.5 Å². The van der Waals surface area contributed by atoms with E-state index >= 15 is 0 Å². The molecule has 0 heterocycles. The van der Waals surface area contributed by atoms with Crippen molar-refractivity contribution in [1.29, 1.82) is 0 Å². The van der Waals surface area contributed by atoms with Gasteiger partial charge in [-0.15, -0.1) is 0 Å². The van der Waals surface area contributed by atoms with Crippen LogP contribution in [-0.4, -0.2) is 50.7 Å². The van der Waals surface area contributed by atoms with E-state index in [1.54, 1.807) is 7.11 Å². The Bertz CT molecular complexity index is 602. The second-order valence-corrected chi connectivity index (χ2v) is 7.66. The largest absolute Gasteiger partial charge is 0.493 e. The van der Waals surface area contributed by atoms with Crippen LogP contribution in [0.25, 0.3) is 0 Å². The van der Waals surface area contributed by atoms with Crippen LogP contribution in [0.15, 0.2) is 18.2 Å². The summed E-state index contributed by atoms with van der Waals surface area (Å²) in [6.07, 6.45) is 3.93. The molecule has 6 nitrogen and oxygen atoms in total. The summed E-state index contributed by atoms with van der Waals surface area (Å²) < 4.78 is 11.2. The van der Waals surface area contributed by atoms with E-state index in [1.807, 2.05) is 39.2 Å². The predicted octanol–water partition coefficient (Wildman–Crippen LogP) is 2.16. The fourth-order valence-corrected chi connectivity index (χ4v) is 3.38. The van der Waals surface area contributed by atoms with Crippen LogP contribution in [-0.2, 0) is 11.3 Å². The first-order valence-corrected chi connectivity index (χ1v) is 9.34. The molecule has 1 saturated carbocycles. The first-order chi connectivity index (χ1) is 12.3. The minimum Gasteiger partial charge on any atom is -0.493 e. The number of hydrogen-bond acceptors (Lipinski definition) is 5. The van der Waals surface area contributed by atoms with Crippen molar-refractivity contribution in [3.05, 3.63) is 23.8 Å². The Morgan fingerprint density at radius 3 is 2.77 bits per heavy atom. The number of hydrogen-bond donors (Lipinski definition) is 2. The molecule has 1 aliphatic rings. The van der Waals surface area contributed by atoms with E-state index in [0.717, 1.165) is 37.8 Å². The smallest absolute Gasteiger partial charge is 0.225 e. The third-order valence-electron chi connectivity index (χ3n) is 5.06. The average molecular weight is 364 g/mol. The molecule has 1 fully saturated rings. The highest BCUT2D eigenvalue weighted by molar-refractivity contribution is 5.80. The molecule has 1 aliphatic carbocycles. The average Bonchev–Trinajstić information content (AvgIpc) is 2.59. The van der Waals surface area contributed by atoms with Gasteiger partial charge in [-0.2, -0.15) is 0 Å². The fourth-order valence-electron chi connectivity index (χ4n) is 3.38. The number of rotatable bonds is 8. The normalized spacial score (nSPS) is 22.9. The van der Waals surface area contributed by atoms with Crippen molar-refractivity contribution in [2.24, 2.45) is 11.7 Å². The summed E-state index contributed by atoms with van der Waals surface area (Å²) in [7, 11) is 5.63. The molecule has 2 atom stereocenters. The quantitative estimate of drug-likeness (QED) is 0.740. The lowest BCUT2D eigenvalue weighted by atomic mass is 9.74. The van der Waals surface area contributed by atoms with Gasteiger partial charge in [-0.25, -0.2) is 0 Å². The maximum Gasteiger partial charge on any atom is 0.225 e. The van der Waals surface area contributed by atoms with Crippen LogP contribution in [0.3, 0.4) is 0 Å². The second-order valence-electron chi connectivity index (χ2n) is 7.66. The first kappa shape index (κ1) is 20.5. The molecule has 2 unspecified atom stereocenters. The van der Waals surface area contributed by atoms with Gasteiger partial charge in [0.1, 0.15) is 6.61 Å². The minimum absolute atomic E-state index is 0.0416. The summed E-state index contributed by atoms with van der Waals surface area (Å²) in [6.45, 7) is 3.87. The number of benzene rings is 1. The summed E-state index contributed by atoms with van der Waals surface area (Å²) in [4.78, 5) is 14.6. The Labute approximate surface area is 157 Å². The van der Waals surface area contributed by atoms with E-state index in [2.05, 4.69) is 10.2 Å². The lowest BCUT2D eigenvalue weighted by molar-refractivity contribution is -0.128. The van der Waals surface area contributed by atoms with Crippen molar-refractivity contribution in [2.45, 2.75) is 44.7 Å². The topological polar surface area (TPSA) is 76.8 Å². The highest BCUT2D eigenvalue weighted by Crippen LogP contribution is 2.32. The SMILES string of the molecule is COc1cc(CNC(=O)C2CCCCC2(C)N)ccc1OCCN(C)C. The number of nitrogens with two attached hydrogens (primary N) is 1. The lowest BCUT2D eigenvalue weighted by Crippen LogP contribution is -2.52. The Balaban J connectivity index is 1.93. The number of ether oxygens (including phenoxy) is 2. The van der Waals surface area contributed by atoms with Gasteiger partial charge in [-0.1, -0.05) is 18.9 Å². The van der Waals surface area contributed by atoms with Crippen molar-refractivity contribution in [2.75, 3.05) is 34.4 Å². The lowest BCUT2D eigenvalue weighted by Gasteiger charge is -2.37. The van der Waals surface area contributed by atoms with Crippen LogP contribution >= 0.6 is 0 Å². The van der Waals surface area contributed by atoms with Crippen molar-refractivity contribution in [3.63, 3.8) is 0 Å². The zero-order valence-corrected chi connectivity index (χ0v) is 16.5. The number of likely N-dealkylation sites (N-methyl/N-ethyl adjacent to an activating group) is 1. The van der Waals surface area contributed by atoms with Gasteiger partial charge >= 0.3 is 0 Å². The van der Waals surface area contributed by atoms with E-state index in [4.69, 9.17) is 15.2 Å². The van der Waals surface area contributed by atoms with Gasteiger partial charge < -0.3 is 25.4 Å². The Morgan fingerprint density at radius 1 is 1.35 bits per heavy atom. The van der Waals surface area contributed by atoms with Crippen LogP contribution in [0.4, 0.5) is 0 Å². The maximum absolute atomic E-state index is 12.6. The van der Waals surface area contributed by atoms with Crippen molar-refractivity contribution < 1.29 is 14.3 Å². The zero-order chi connectivity index (χ0) is 19.2. The van der Waals surface area contributed by atoms with Crippen LogP contribution in [0.1, 0.15) is 38.2 Å². The third kappa shape index (κ3) is 5.61. The number of carbonyl (C=O) groups excluding carboxylic acids is 1. The minimum atomic E-state index is -0.413. The summed E-state index contributed by atoms with van der Waals surface area (Å²) in [5, 5.41) is 3.03. The van der Waals surface area contributed by atoms with E-state index in [9.17, 15) is 4.79 Å². The Hall–Kier alpha value is -1.79. The first-order valence-electron chi connectivity index (χ1n) is 9.34. The third-order valence-corrected chi connectivity index (χ3v) is 5.06.